The molecule has 0 saturated heterocycles. The van der Waals surface area contributed by atoms with Gasteiger partial charge < -0.3 is 9.64 Å². The van der Waals surface area contributed by atoms with E-state index in [9.17, 15) is 4.79 Å². The summed E-state index contributed by atoms with van der Waals surface area (Å²) in [6.45, 7) is 0.530. The van der Waals surface area contributed by atoms with Gasteiger partial charge in [-0.05, 0) is 18.2 Å². The Morgan fingerprint density at radius 2 is 2.21 bits per heavy atom. The van der Waals surface area contributed by atoms with Gasteiger partial charge in [-0.2, -0.15) is 0 Å². The summed E-state index contributed by atoms with van der Waals surface area (Å²) in [6.07, 6.45) is 1.51. The van der Waals surface area contributed by atoms with Crippen LogP contribution in [0.3, 0.4) is 0 Å². The Labute approximate surface area is 120 Å². The molecule has 0 saturated carbocycles. The van der Waals surface area contributed by atoms with Crippen molar-refractivity contribution in [2.45, 2.75) is 6.54 Å². The Kier molecular flexibility index (Phi) is 4.39. The van der Waals surface area contributed by atoms with Crippen molar-refractivity contribution < 1.29 is 9.53 Å². The van der Waals surface area contributed by atoms with E-state index in [1.54, 1.807) is 24.1 Å². The summed E-state index contributed by atoms with van der Waals surface area (Å²) in [5.41, 5.74) is 0.533. The van der Waals surface area contributed by atoms with Gasteiger partial charge >= 0.3 is 0 Å². The summed E-state index contributed by atoms with van der Waals surface area (Å²) in [4.78, 5) is 18.9. The molecule has 0 radical (unpaired) electrons. The van der Waals surface area contributed by atoms with Crippen molar-refractivity contribution in [3.05, 3.63) is 45.2 Å². The number of carbonyl (C=O) groups excluding carboxylic acids is 1. The number of thiophene rings is 1. The molecule has 0 atom stereocenters. The van der Waals surface area contributed by atoms with Gasteiger partial charge in [-0.3, -0.25) is 4.79 Å². The second kappa shape index (κ2) is 6.04. The summed E-state index contributed by atoms with van der Waals surface area (Å²) in [5.74, 6) is 0.406. The van der Waals surface area contributed by atoms with Crippen LogP contribution in [0.4, 0.5) is 0 Å². The number of pyridine rings is 1. The molecule has 0 aliphatic heterocycles. The largest absolute Gasteiger partial charge is 0.481 e. The monoisotopic (exact) mass is 296 g/mol. The Balaban J connectivity index is 2.05. The van der Waals surface area contributed by atoms with Crippen LogP contribution < -0.4 is 4.74 Å². The smallest absolute Gasteiger partial charge is 0.255 e. The highest BCUT2D eigenvalue weighted by molar-refractivity contribution is 7.16. The molecule has 19 heavy (non-hydrogen) atoms. The Morgan fingerprint density at radius 3 is 2.74 bits per heavy atom. The van der Waals surface area contributed by atoms with E-state index < -0.39 is 0 Å². The van der Waals surface area contributed by atoms with Crippen LogP contribution in [0.15, 0.2) is 30.5 Å². The van der Waals surface area contributed by atoms with E-state index in [4.69, 9.17) is 16.3 Å². The molecule has 0 fully saturated rings. The zero-order chi connectivity index (χ0) is 13.8. The molecule has 0 unspecified atom stereocenters. The minimum Gasteiger partial charge on any atom is -0.481 e. The molecule has 0 aromatic carbocycles. The van der Waals surface area contributed by atoms with Crippen molar-refractivity contribution in [1.82, 2.24) is 9.88 Å². The lowest BCUT2D eigenvalue weighted by Gasteiger charge is -2.16. The zero-order valence-electron chi connectivity index (χ0n) is 10.6. The first kappa shape index (κ1) is 13.8. The fraction of sp³-hybridized carbons (Fsp3) is 0.231. The Bertz CT molecular complexity index is 568. The molecule has 0 N–H and O–H groups in total. The molecule has 0 spiro atoms. The first-order valence-electron chi connectivity index (χ1n) is 5.60. The van der Waals surface area contributed by atoms with E-state index in [1.165, 1.54) is 24.6 Å². The molecule has 2 aromatic rings. The van der Waals surface area contributed by atoms with E-state index in [0.717, 1.165) is 9.21 Å². The lowest BCUT2D eigenvalue weighted by molar-refractivity contribution is 0.0786. The quantitative estimate of drug-likeness (QED) is 0.871. The summed E-state index contributed by atoms with van der Waals surface area (Å²) in [7, 11) is 3.29. The van der Waals surface area contributed by atoms with Crippen molar-refractivity contribution in [3.8, 4) is 5.88 Å². The molecule has 2 heterocycles. The number of ether oxygens (including phenoxy) is 1. The molecular weight excluding hydrogens is 284 g/mol. The molecule has 4 nitrogen and oxygen atoms in total. The third kappa shape index (κ3) is 3.45. The number of aromatic nitrogens is 1. The van der Waals surface area contributed by atoms with Crippen LogP contribution in [0.25, 0.3) is 0 Å². The molecule has 0 aliphatic rings. The van der Waals surface area contributed by atoms with E-state index in [-0.39, 0.29) is 5.91 Å². The minimum atomic E-state index is -0.0836. The van der Waals surface area contributed by atoms with Crippen LogP contribution in [-0.2, 0) is 6.54 Å². The minimum absolute atomic E-state index is 0.0836. The predicted molar refractivity (Wildman–Crippen MR) is 75.9 cm³/mol. The van der Waals surface area contributed by atoms with Crippen LogP contribution in [0, 0.1) is 0 Å². The number of amides is 1. The molecule has 6 heteroatoms. The lowest BCUT2D eigenvalue weighted by atomic mass is 10.2. The summed E-state index contributed by atoms with van der Waals surface area (Å²) < 4.78 is 5.68. The molecule has 100 valence electrons. The van der Waals surface area contributed by atoms with E-state index in [1.807, 2.05) is 12.1 Å². The Morgan fingerprint density at radius 1 is 1.42 bits per heavy atom. The zero-order valence-corrected chi connectivity index (χ0v) is 12.2. The molecular formula is C13H13ClN2O2S. The van der Waals surface area contributed by atoms with Gasteiger partial charge in [-0.25, -0.2) is 4.98 Å². The van der Waals surface area contributed by atoms with E-state index in [2.05, 4.69) is 4.98 Å². The fourth-order valence-electron chi connectivity index (χ4n) is 1.59. The van der Waals surface area contributed by atoms with Gasteiger partial charge in [0.15, 0.2) is 0 Å². The highest BCUT2D eigenvalue weighted by Gasteiger charge is 2.13. The lowest BCUT2D eigenvalue weighted by Crippen LogP contribution is -2.25. The number of hydrogen-bond acceptors (Lipinski definition) is 4. The van der Waals surface area contributed by atoms with Crippen LogP contribution in [-0.4, -0.2) is 29.9 Å². The van der Waals surface area contributed by atoms with Gasteiger partial charge in [0.05, 0.1) is 23.6 Å². The second-order valence-electron chi connectivity index (χ2n) is 3.96. The predicted octanol–water partition coefficient (Wildman–Crippen LogP) is 3.08. The number of halogens is 1. The third-order valence-corrected chi connectivity index (χ3v) is 3.78. The number of rotatable bonds is 4. The van der Waals surface area contributed by atoms with Crippen LogP contribution in [0.5, 0.6) is 5.88 Å². The average Bonchev–Trinajstić information content (AvgIpc) is 2.83. The molecule has 0 aliphatic carbocycles. The standard InChI is InChI=1S/C13H13ClN2O2S/c1-16(8-10-4-5-11(14)19-10)13(17)9-3-6-12(18-2)15-7-9/h3-7H,8H2,1-2H3. The van der Waals surface area contributed by atoms with Gasteiger partial charge in [-0.1, -0.05) is 11.6 Å². The fourth-order valence-corrected chi connectivity index (χ4v) is 2.73. The summed E-state index contributed by atoms with van der Waals surface area (Å²) >= 11 is 7.34. The van der Waals surface area contributed by atoms with E-state index in [0.29, 0.717) is 18.0 Å². The van der Waals surface area contributed by atoms with Gasteiger partial charge in [-0.15, -0.1) is 11.3 Å². The van der Waals surface area contributed by atoms with Crippen molar-refractivity contribution in [1.29, 1.82) is 0 Å². The van der Waals surface area contributed by atoms with Crippen molar-refractivity contribution in [2.24, 2.45) is 0 Å². The molecule has 1 amide bonds. The maximum atomic E-state index is 12.2. The highest BCUT2D eigenvalue weighted by atomic mass is 35.5. The Hall–Kier alpha value is -1.59. The highest BCUT2D eigenvalue weighted by Crippen LogP contribution is 2.22. The SMILES string of the molecule is COc1ccc(C(=O)N(C)Cc2ccc(Cl)s2)cn1. The van der Waals surface area contributed by atoms with Gasteiger partial charge in [0.1, 0.15) is 0 Å². The van der Waals surface area contributed by atoms with Gasteiger partial charge in [0.25, 0.3) is 5.91 Å². The first-order chi connectivity index (χ1) is 9.10. The molecule has 2 aromatic heterocycles. The van der Waals surface area contributed by atoms with Crippen molar-refractivity contribution >= 4 is 28.8 Å². The van der Waals surface area contributed by atoms with Gasteiger partial charge in [0, 0.05) is 24.2 Å². The molecule has 2 rings (SSSR count). The summed E-state index contributed by atoms with van der Waals surface area (Å²) in [6, 6.07) is 7.12. The number of carbonyl (C=O) groups is 1. The van der Waals surface area contributed by atoms with Crippen LogP contribution in [0.1, 0.15) is 15.2 Å². The van der Waals surface area contributed by atoms with Crippen molar-refractivity contribution in [2.75, 3.05) is 14.2 Å². The van der Waals surface area contributed by atoms with Crippen LogP contribution in [0.2, 0.25) is 4.34 Å². The number of methoxy groups -OCH3 is 1. The third-order valence-electron chi connectivity index (χ3n) is 2.56. The maximum absolute atomic E-state index is 12.2. The maximum Gasteiger partial charge on any atom is 0.255 e. The first-order valence-corrected chi connectivity index (χ1v) is 6.79. The normalized spacial score (nSPS) is 10.3. The number of nitrogens with zero attached hydrogens (tertiary/aromatic N) is 2. The van der Waals surface area contributed by atoms with Crippen molar-refractivity contribution in [3.63, 3.8) is 0 Å². The van der Waals surface area contributed by atoms with Gasteiger partial charge in [0.2, 0.25) is 5.88 Å². The average molecular weight is 297 g/mol. The summed E-state index contributed by atoms with van der Waals surface area (Å²) in [5, 5.41) is 0. The topological polar surface area (TPSA) is 42.4 Å². The number of hydrogen-bond donors (Lipinski definition) is 0. The molecule has 0 bridgehead atoms. The van der Waals surface area contributed by atoms with E-state index >= 15 is 0 Å². The van der Waals surface area contributed by atoms with Crippen LogP contribution >= 0.6 is 22.9 Å². The second-order valence-corrected chi connectivity index (χ2v) is 5.76.